The van der Waals surface area contributed by atoms with Crippen LogP contribution in [-0.2, 0) is 9.59 Å². The number of rotatable bonds is 5. The molecule has 0 saturated heterocycles. The highest BCUT2D eigenvalue weighted by atomic mass is 16.4. The number of carbonyl (C=O) groups excluding carboxylic acids is 1. The van der Waals surface area contributed by atoms with Crippen LogP contribution in [0.3, 0.4) is 0 Å². The number of carbonyl (C=O) groups is 2. The second-order valence-electron chi connectivity index (χ2n) is 5.10. The van der Waals surface area contributed by atoms with E-state index in [0.717, 1.165) is 32.6 Å². The molecule has 6 heteroatoms. The van der Waals surface area contributed by atoms with Crippen molar-refractivity contribution in [3.63, 3.8) is 0 Å². The van der Waals surface area contributed by atoms with Crippen LogP contribution in [0.4, 0.5) is 0 Å². The van der Waals surface area contributed by atoms with E-state index in [-0.39, 0.29) is 18.9 Å². The van der Waals surface area contributed by atoms with E-state index in [4.69, 9.17) is 10.8 Å². The minimum atomic E-state index is -1.94. The van der Waals surface area contributed by atoms with Gasteiger partial charge in [-0.25, -0.2) is 4.79 Å². The lowest BCUT2D eigenvalue weighted by Crippen LogP contribution is -2.49. The Morgan fingerprint density at radius 3 is 2.41 bits per heavy atom. The molecule has 0 aliphatic heterocycles. The third-order valence-corrected chi connectivity index (χ3v) is 3.20. The zero-order valence-corrected chi connectivity index (χ0v) is 10.0. The number of hydrogen-bond donors (Lipinski definition) is 4. The first kappa shape index (κ1) is 13.9. The SMILES string of the molecule is CC(O)(CNC(=O)CC1(N)CCCC1)C(=O)O. The average molecular weight is 244 g/mol. The largest absolute Gasteiger partial charge is 0.479 e. The minimum absolute atomic E-state index is 0.183. The van der Waals surface area contributed by atoms with Gasteiger partial charge in [0.25, 0.3) is 0 Å². The van der Waals surface area contributed by atoms with Crippen molar-refractivity contribution in [3.05, 3.63) is 0 Å². The molecule has 6 nitrogen and oxygen atoms in total. The molecule has 0 radical (unpaired) electrons. The zero-order chi connectivity index (χ0) is 13.1. The van der Waals surface area contributed by atoms with Crippen molar-refractivity contribution in [2.24, 2.45) is 5.73 Å². The molecule has 1 aliphatic rings. The van der Waals surface area contributed by atoms with Crippen molar-refractivity contribution in [1.82, 2.24) is 5.32 Å². The van der Waals surface area contributed by atoms with Crippen molar-refractivity contribution in [3.8, 4) is 0 Å². The van der Waals surface area contributed by atoms with E-state index < -0.39 is 17.1 Å². The molecule has 0 aromatic rings. The van der Waals surface area contributed by atoms with Gasteiger partial charge in [-0.2, -0.15) is 0 Å². The van der Waals surface area contributed by atoms with Crippen LogP contribution in [0.25, 0.3) is 0 Å². The summed E-state index contributed by atoms with van der Waals surface area (Å²) in [5.74, 6) is -1.67. The van der Waals surface area contributed by atoms with Crippen LogP contribution in [0.2, 0.25) is 0 Å². The van der Waals surface area contributed by atoms with Gasteiger partial charge in [0.2, 0.25) is 5.91 Å². The molecular formula is C11H20N2O4. The van der Waals surface area contributed by atoms with Crippen LogP contribution in [0, 0.1) is 0 Å². The van der Waals surface area contributed by atoms with Gasteiger partial charge in [-0.05, 0) is 19.8 Å². The Hall–Kier alpha value is -1.14. The molecule has 0 aromatic heterocycles. The summed E-state index contributed by atoms with van der Waals surface area (Å²) in [4.78, 5) is 22.2. The van der Waals surface area contributed by atoms with E-state index >= 15 is 0 Å². The number of hydrogen-bond acceptors (Lipinski definition) is 4. The number of nitrogens with two attached hydrogens (primary N) is 1. The van der Waals surface area contributed by atoms with Crippen molar-refractivity contribution in [2.45, 2.75) is 50.2 Å². The van der Waals surface area contributed by atoms with E-state index in [9.17, 15) is 14.7 Å². The number of amides is 1. The van der Waals surface area contributed by atoms with Crippen LogP contribution in [-0.4, -0.2) is 39.8 Å². The first-order valence-electron chi connectivity index (χ1n) is 5.77. The summed E-state index contributed by atoms with van der Waals surface area (Å²) in [5, 5.41) is 20.5. The number of aliphatic hydroxyl groups is 1. The van der Waals surface area contributed by atoms with Crippen LogP contribution >= 0.6 is 0 Å². The second-order valence-corrected chi connectivity index (χ2v) is 5.10. The van der Waals surface area contributed by atoms with Crippen molar-refractivity contribution in [1.29, 1.82) is 0 Å². The molecule has 1 aliphatic carbocycles. The summed E-state index contributed by atoms with van der Waals surface area (Å²) in [6.45, 7) is 0.834. The summed E-state index contributed by atoms with van der Waals surface area (Å²) in [6, 6.07) is 0. The van der Waals surface area contributed by atoms with E-state index in [1.165, 1.54) is 0 Å². The van der Waals surface area contributed by atoms with E-state index in [2.05, 4.69) is 5.32 Å². The Bertz CT molecular complexity index is 309. The molecule has 0 aromatic carbocycles. The summed E-state index contributed by atoms with van der Waals surface area (Å²) in [7, 11) is 0. The predicted octanol–water partition coefficient (Wildman–Crippen LogP) is -0.400. The van der Waals surface area contributed by atoms with Gasteiger partial charge in [0.1, 0.15) is 0 Å². The van der Waals surface area contributed by atoms with Crippen molar-refractivity contribution >= 4 is 11.9 Å². The van der Waals surface area contributed by atoms with Gasteiger partial charge in [-0.15, -0.1) is 0 Å². The molecule has 1 amide bonds. The standard InChI is InChI=1S/C11H20N2O4/c1-10(17,9(15)16)7-13-8(14)6-11(12)4-2-3-5-11/h17H,2-7,12H2,1H3,(H,13,14)(H,15,16). The lowest BCUT2D eigenvalue weighted by Gasteiger charge is -2.24. The molecule has 1 unspecified atom stereocenters. The molecule has 1 atom stereocenters. The van der Waals surface area contributed by atoms with E-state index in [0.29, 0.717) is 0 Å². The third kappa shape index (κ3) is 3.98. The number of carboxylic acid groups (broad SMARTS) is 1. The topological polar surface area (TPSA) is 113 Å². The molecule has 1 fully saturated rings. The van der Waals surface area contributed by atoms with Gasteiger partial charge in [0.15, 0.2) is 5.60 Å². The summed E-state index contributed by atoms with van der Waals surface area (Å²) < 4.78 is 0. The Morgan fingerprint density at radius 1 is 1.41 bits per heavy atom. The maximum atomic E-state index is 11.6. The molecule has 98 valence electrons. The predicted molar refractivity (Wildman–Crippen MR) is 61.3 cm³/mol. The van der Waals surface area contributed by atoms with Gasteiger partial charge in [0.05, 0.1) is 6.54 Å². The first-order valence-corrected chi connectivity index (χ1v) is 5.77. The number of carboxylic acids is 1. The Morgan fingerprint density at radius 2 is 1.94 bits per heavy atom. The van der Waals surface area contributed by atoms with E-state index in [1.54, 1.807) is 0 Å². The minimum Gasteiger partial charge on any atom is -0.479 e. The maximum Gasteiger partial charge on any atom is 0.337 e. The Labute approximate surface area is 100 Å². The zero-order valence-electron chi connectivity index (χ0n) is 10.0. The van der Waals surface area contributed by atoms with Crippen molar-refractivity contribution in [2.75, 3.05) is 6.54 Å². The van der Waals surface area contributed by atoms with E-state index in [1.807, 2.05) is 0 Å². The Kier molecular flexibility index (Phi) is 4.11. The monoisotopic (exact) mass is 244 g/mol. The molecule has 1 rings (SSSR count). The number of nitrogens with one attached hydrogen (secondary N) is 1. The van der Waals surface area contributed by atoms with Crippen LogP contribution in [0.15, 0.2) is 0 Å². The third-order valence-electron chi connectivity index (χ3n) is 3.20. The van der Waals surface area contributed by atoms with Crippen LogP contribution in [0.5, 0.6) is 0 Å². The highest BCUT2D eigenvalue weighted by Crippen LogP contribution is 2.29. The molecule has 1 saturated carbocycles. The molecular weight excluding hydrogens is 224 g/mol. The number of aliphatic carboxylic acids is 1. The van der Waals surface area contributed by atoms with Crippen LogP contribution in [0.1, 0.15) is 39.0 Å². The van der Waals surface area contributed by atoms with Gasteiger partial charge in [0, 0.05) is 12.0 Å². The molecule has 0 heterocycles. The second kappa shape index (κ2) is 5.01. The fourth-order valence-electron chi connectivity index (χ4n) is 1.98. The highest BCUT2D eigenvalue weighted by Gasteiger charge is 2.34. The van der Waals surface area contributed by atoms with Crippen molar-refractivity contribution < 1.29 is 19.8 Å². The molecule has 0 bridgehead atoms. The smallest absolute Gasteiger partial charge is 0.337 e. The van der Waals surface area contributed by atoms with Gasteiger partial charge in [-0.1, -0.05) is 12.8 Å². The molecule has 17 heavy (non-hydrogen) atoms. The quantitative estimate of drug-likeness (QED) is 0.525. The maximum absolute atomic E-state index is 11.6. The summed E-state index contributed by atoms with van der Waals surface area (Å²) in [5.41, 5.74) is 3.62. The lowest BCUT2D eigenvalue weighted by atomic mass is 9.94. The fourth-order valence-corrected chi connectivity index (χ4v) is 1.98. The van der Waals surface area contributed by atoms with Gasteiger partial charge < -0.3 is 21.3 Å². The first-order chi connectivity index (χ1) is 7.75. The Balaban J connectivity index is 2.38. The van der Waals surface area contributed by atoms with Gasteiger partial charge >= 0.3 is 5.97 Å². The normalized spacial score (nSPS) is 21.8. The summed E-state index contributed by atoms with van der Waals surface area (Å²) in [6.07, 6.45) is 3.86. The summed E-state index contributed by atoms with van der Waals surface area (Å²) >= 11 is 0. The fraction of sp³-hybridized carbons (Fsp3) is 0.818. The highest BCUT2D eigenvalue weighted by molar-refractivity contribution is 5.80. The average Bonchev–Trinajstić information content (AvgIpc) is 2.62. The van der Waals surface area contributed by atoms with Gasteiger partial charge in [-0.3, -0.25) is 4.79 Å². The lowest BCUT2D eigenvalue weighted by molar-refractivity contribution is -0.156. The molecule has 0 spiro atoms. The van der Waals surface area contributed by atoms with Crippen LogP contribution < -0.4 is 11.1 Å². The molecule has 5 N–H and O–H groups in total.